The van der Waals surface area contributed by atoms with Gasteiger partial charge in [-0.15, -0.1) is 6.58 Å². The molecule has 68 heavy (non-hydrogen) atoms. The van der Waals surface area contributed by atoms with E-state index < -0.39 is 31.0 Å². The van der Waals surface area contributed by atoms with Crippen molar-refractivity contribution in [3.63, 3.8) is 0 Å². The molecule has 4 aliphatic heterocycles. The molecule has 4 aromatic rings. The van der Waals surface area contributed by atoms with Gasteiger partial charge in [-0.2, -0.15) is 0 Å². The first kappa shape index (κ1) is 51.3. The van der Waals surface area contributed by atoms with Crippen molar-refractivity contribution < 1.29 is 37.3 Å². The molecule has 4 aromatic carbocycles. The maximum Gasteiger partial charge on any atom is 0.261 e. The van der Waals surface area contributed by atoms with Crippen LogP contribution in [-0.2, 0) is 37.3 Å². The largest absolute Gasteiger partial charge is 0.405 e. The number of hydrogen-bond donors (Lipinski definition) is 0. The smallest absolute Gasteiger partial charge is 0.261 e. The zero-order valence-corrected chi connectivity index (χ0v) is 45.4. The number of hydrogen-bond acceptors (Lipinski definition) is 8. The summed E-state index contributed by atoms with van der Waals surface area (Å²) >= 11 is 0. The molecule has 368 valence electrons. The molecule has 0 aliphatic carbocycles. The van der Waals surface area contributed by atoms with E-state index in [-0.39, 0.29) is 64.6 Å². The molecular formula is C57H80O8Si3. The molecule has 4 heterocycles. The first-order valence-corrected chi connectivity index (χ1v) is 32.9. The number of ether oxygens (including phenoxy) is 6. The fourth-order valence-electron chi connectivity index (χ4n) is 11.6. The number of fused-ring (bicyclic) bond motifs is 2. The Morgan fingerprint density at radius 2 is 1.07 bits per heavy atom. The molecule has 0 N–H and O–H groups in total. The fourth-order valence-corrected chi connectivity index (χ4v) is 22.2. The van der Waals surface area contributed by atoms with Gasteiger partial charge in [0.25, 0.3) is 16.6 Å². The van der Waals surface area contributed by atoms with E-state index in [1.54, 1.807) is 0 Å². The summed E-state index contributed by atoms with van der Waals surface area (Å²) < 4.78 is 57.4. The van der Waals surface area contributed by atoms with Gasteiger partial charge in [0.2, 0.25) is 0 Å². The summed E-state index contributed by atoms with van der Waals surface area (Å²) in [7, 11) is -7.60. The summed E-state index contributed by atoms with van der Waals surface area (Å²) in [6, 6.07) is 43.7. The van der Waals surface area contributed by atoms with Gasteiger partial charge in [0.05, 0.1) is 69.7 Å². The van der Waals surface area contributed by atoms with E-state index in [0.29, 0.717) is 26.1 Å². The Balaban J connectivity index is 1.11. The molecule has 4 fully saturated rings. The van der Waals surface area contributed by atoms with Crippen LogP contribution in [0.15, 0.2) is 134 Å². The standard InChI is InChI=1S/C57H80O8Si3/c1-11-55(66(8,9)10)64-46-33-24-37-58-50(46)40-54-59-38-36-49-47(63-54)34-35-48-51(61-49)39-52(65-68(57(5,6)7,44-29-20-14-21-30-44)45-31-22-15-23-32-45)53(62-48)41-60-67(56(2,3)4,42-25-16-12-17-26-42)43-27-18-13-19-28-43/h11-23,25-32,46-55H,1,24,33-41H2,2-10H3/t46-,47+,48-,49-,50+,51+,52-,53+,54+,55?/m0/s1. The van der Waals surface area contributed by atoms with Crippen molar-refractivity contribution in [3.8, 4) is 0 Å². The predicted molar refractivity (Wildman–Crippen MR) is 282 cm³/mol. The van der Waals surface area contributed by atoms with Crippen LogP contribution in [0.4, 0.5) is 0 Å². The predicted octanol–water partition coefficient (Wildman–Crippen LogP) is 9.73. The SMILES string of the molecule is C=CC(O[C@H]1CCCO[C@@H]1C[C@@H]1OCC[C@@H]2O[C@@H]3C[C@H](O[Si](c4ccccc4)(c4ccccc4)C(C)(C)C)[C@@H](CO[Si](c4ccccc4)(c4ccccc4)C(C)(C)C)O[C@H]3CC[C@H]2O1)[Si](C)(C)C. The van der Waals surface area contributed by atoms with Crippen molar-refractivity contribution in [1.29, 1.82) is 0 Å². The second-order valence-electron chi connectivity index (χ2n) is 22.8. The van der Waals surface area contributed by atoms with Crippen LogP contribution in [0.1, 0.15) is 86.5 Å². The van der Waals surface area contributed by atoms with Gasteiger partial charge in [0.1, 0.15) is 6.10 Å². The highest BCUT2D eigenvalue weighted by Gasteiger charge is 2.56. The van der Waals surface area contributed by atoms with Gasteiger partial charge in [-0.3, -0.25) is 0 Å². The minimum absolute atomic E-state index is 0.0261. The van der Waals surface area contributed by atoms with Gasteiger partial charge < -0.3 is 37.3 Å². The molecule has 0 amide bonds. The van der Waals surface area contributed by atoms with Crippen molar-refractivity contribution in [2.24, 2.45) is 0 Å². The van der Waals surface area contributed by atoms with Crippen LogP contribution in [0.3, 0.4) is 0 Å². The molecule has 11 heteroatoms. The fraction of sp³-hybridized carbons (Fsp3) is 0.544. The van der Waals surface area contributed by atoms with Crippen molar-refractivity contribution in [1.82, 2.24) is 0 Å². The highest BCUT2D eigenvalue weighted by Crippen LogP contribution is 2.43. The molecule has 0 radical (unpaired) electrons. The second kappa shape index (κ2) is 21.7. The molecule has 10 atom stereocenters. The molecular weight excluding hydrogens is 897 g/mol. The lowest BCUT2D eigenvalue weighted by molar-refractivity contribution is -0.211. The van der Waals surface area contributed by atoms with E-state index in [0.717, 1.165) is 38.7 Å². The Kier molecular flexibility index (Phi) is 16.4. The molecule has 0 bridgehead atoms. The Morgan fingerprint density at radius 3 is 1.57 bits per heavy atom. The van der Waals surface area contributed by atoms with Crippen molar-refractivity contribution >= 4 is 45.5 Å². The Morgan fingerprint density at radius 1 is 0.574 bits per heavy atom. The van der Waals surface area contributed by atoms with E-state index >= 15 is 0 Å². The summed E-state index contributed by atoms with van der Waals surface area (Å²) in [5.74, 6) is 0. The van der Waals surface area contributed by atoms with Crippen molar-refractivity contribution in [2.75, 3.05) is 19.8 Å². The molecule has 4 saturated heterocycles. The third-order valence-corrected chi connectivity index (χ3v) is 27.1. The maximum atomic E-state index is 8.09. The maximum absolute atomic E-state index is 8.09. The van der Waals surface area contributed by atoms with E-state index in [1.807, 2.05) is 6.08 Å². The van der Waals surface area contributed by atoms with Gasteiger partial charge in [-0.1, -0.05) is 189 Å². The van der Waals surface area contributed by atoms with E-state index in [2.05, 4.69) is 189 Å². The average molecular weight is 978 g/mol. The van der Waals surface area contributed by atoms with Crippen molar-refractivity contribution in [2.45, 2.75) is 177 Å². The van der Waals surface area contributed by atoms with Gasteiger partial charge in [0, 0.05) is 19.4 Å². The van der Waals surface area contributed by atoms with Gasteiger partial charge >= 0.3 is 0 Å². The summed E-state index contributed by atoms with van der Waals surface area (Å²) in [5.41, 5.74) is 0.0539. The number of rotatable bonds is 15. The third-order valence-electron chi connectivity index (χ3n) is 15.0. The molecule has 8 nitrogen and oxygen atoms in total. The molecule has 0 saturated carbocycles. The van der Waals surface area contributed by atoms with Crippen LogP contribution in [0.2, 0.25) is 29.7 Å². The Labute approximate surface area is 411 Å². The molecule has 8 rings (SSSR count). The molecule has 1 unspecified atom stereocenters. The van der Waals surface area contributed by atoms with Crippen LogP contribution in [0, 0.1) is 0 Å². The van der Waals surface area contributed by atoms with Crippen LogP contribution >= 0.6 is 0 Å². The minimum Gasteiger partial charge on any atom is -0.405 e. The normalized spacial score (nSPS) is 28.0. The minimum atomic E-state index is -3.04. The summed E-state index contributed by atoms with van der Waals surface area (Å²) in [6.07, 6.45) is 5.65. The monoisotopic (exact) mass is 977 g/mol. The number of benzene rings is 4. The topological polar surface area (TPSA) is 73.8 Å². The van der Waals surface area contributed by atoms with Gasteiger partial charge in [-0.05, 0) is 62.9 Å². The highest BCUT2D eigenvalue weighted by molar-refractivity contribution is 7.00. The first-order valence-electron chi connectivity index (χ1n) is 25.5. The van der Waals surface area contributed by atoms with Gasteiger partial charge in [-0.25, -0.2) is 0 Å². The van der Waals surface area contributed by atoms with E-state index in [1.165, 1.54) is 20.7 Å². The lowest BCUT2D eigenvalue weighted by atomic mass is 9.95. The second-order valence-corrected chi connectivity index (χ2v) is 36.6. The highest BCUT2D eigenvalue weighted by atomic mass is 28.4. The first-order chi connectivity index (χ1) is 32.5. The summed E-state index contributed by atoms with van der Waals surface area (Å²) in [6.45, 7) is 26.8. The lowest BCUT2D eigenvalue weighted by Crippen LogP contribution is -2.70. The Hall–Kier alpha value is -3.05. The lowest BCUT2D eigenvalue weighted by Gasteiger charge is -2.50. The summed E-state index contributed by atoms with van der Waals surface area (Å²) in [4.78, 5) is 0. The Bertz CT molecular complexity index is 2100. The van der Waals surface area contributed by atoms with Crippen LogP contribution in [0.25, 0.3) is 0 Å². The zero-order valence-electron chi connectivity index (χ0n) is 42.4. The molecule has 4 aliphatic rings. The van der Waals surface area contributed by atoms with E-state index in [4.69, 9.17) is 37.3 Å². The van der Waals surface area contributed by atoms with Crippen LogP contribution < -0.4 is 20.7 Å². The third kappa shape index (κ3) is 11.0. The van der Waals surface area contributed by atoms with Crippen LogP contribution in [0.5, 0.6) is 0 Å². The summed E-state index contributed by atoms with van der Waals surface area (Å²) in [5, 5.41) is 4.54. The zero-order chi connectivity index (χ0) is 48.2. The molecule has 0 aromatic heterocycles. The average Bonchev–Trinajstić information content (AvgIpc) is 3.61. The van der Waals surface area contributed by atoms with E-state index in [9.17, 15) is 0 Å². The van der Waals surface area contributed by atoms with Crippen LogP contribution in [-0.4, -0.2) is 105 Å². The molecule has 0 spiro atoms. The van der Waals surface area contributed by atoms with Crippen molar-refractivity contribution in [3.05, 3.63) is 134 Å². The quantitative estimate of drug-likeness (QED) is 0.0862. The van der Waals surface area contributed by atoms with Gasteiger partial charge in [0.15, 0.2) is 6.29 Å².